The van der Waals surface area contributed by atoms with Crippen molar-refractivity contribution in [3.8, 4) is 0 Å². The Kier molecular flexibility index (Phi) is 7.20. The number of carbonyl (C=O) groups is 1. The first-order chi connectivity index (χ1) is 14.1. The van der Waals surface area contributed by atoms with E-state index in [1.807, 2.05) is 44.7 Å². The quantitative estimate of drug-likeness (QED) is 0.799. The lowest BCUT2D eigenvalue weighted by atomic mass is 10.0. The van der Waals surface area contributed by atoms with Gasteiger partial charge in [0.25, 0.3) is 0 Å². The molecular formula is C23H33N5O. The van der Waals surface area contributed by atoms with Crippen molar-refractivity contribution in [2.24, 2.45) is 0 Å². The Labute approximate surface area is 174 Å². The molecule has 2 aliphatic rings. The fourth-order valence-corrected chi connectivity index (χ4v) is 4.06. The summed E-state index contributed by atoms with van der Waals surface area (Å²) in [4.78, 5) is 28.4. The van der Waals surface area contributed by atoms with Gasteiger partial charge < -0.3 is 9.80 Å². The van der Waals surface area contributed by atoms with Crippen molar-refractivity contribution in [2.75, 3.05) is 49.1 Å². The fraction of sp³-hybridized carbons (Fsp3) is 0.522. The van der Waals surface area contributed by atoms with E-state index in [2.05, 4.69) is 38.0 Å². The predicted molar refractivity (Wildman–Crippen MR) is 119 cm³/mol. The van der Waals surface area contributed by atoms with Gasteiger partial charge in [0.2, 0.25) is 5.91 Å². The summed E-state index contributed by atoms with van der Waals surface area (Å²) in [5.41, 5.74) is 3.38. The zero-order chi connectivity index (χ0) is 20.8. The summed E-state index contributed by atoms with van der Waals surface area (Å²) in [6.07, 6.45) is 2.11. The van der Waals surface area contributed by atoms with E-state index >= 15 is 0 Å². The predicted octanol–water partition coefficient (Wildman–Crippen LogP) is 3.22. The monoisotopic (exact) mass is 395 g/mol. The lowest BCUT2D eigenvalue weighted by Crippen LogP contribution is -2.51. The van der Waals surface area contributed by atoms with Crippen LogP contribution in [-0.4, -0.2) is 60.0 Å². The van der Waals surface area contributed by atoms with Gasteiger partial charge in [-0.1, -0.05) is 32.0 Å². The Balaban J connectivity index is 0.00000117. The van der Waals surface area contributed by atoms with Crippen LogP contribution in [0.25, 0.3) is 0 Å². The number of nitrogens with zero attached hydrogens (tertiary/aromatic N) is 5. The molecule has 6 nitrogen and oxygen atoms in total. The maximum atomic E-state index is 12.9. The van der Waals surface area contributed by atoms with E-state index < -0.39 is 0 Å². The van der Waals surface area contributed by atoms with Crippen molar-refractivity contribution in [1.82, 2.24) is 14.9 Å². The van der Waals surface area contributed by atoms with Crippen LogP contribution < -0.4 is 9.80 Å². The van der Waals surface area contributed by atoms with E-state index in [0.29, 0.717) is 6.54 Å². The molecule has 6 heteroatoms. The second-order valence-corrected chi connectivity index (χ2v) is 7.46. The summed E-state index contributed by atoms with van der Waals surface area (Å²) in [7, 11) is 0. The number of benzene rings is 1. The van der Waals surface area contributed by atoms with Gasteiger partial charge in [0, 0.05) is 50.2 Å². The molecule has 0 saturated carbocycles. The first-order valence-electron chi connectivity index (χ1n) is 10.8. The van der Waals surface area contributed by atoms with Gasteiger partial charge in [0.05, 0.1) is 6.54 Å². The molecule has 0 spiro atoms. The minimum absolute atomic E-state index is 0.212. The van der Waals surface area contributed by atoms with Crippen LogP contribution in [0.4, 0.5) is 11.5 Å². The van der Waals surface area contributed by atoms with Gasteiger partial charge in [0.1, 0.15) is 11.6 Å². The van der Waals surface area contributed by atoms with Crippen LogP contribution >= 0.6 is 0 Å². The number of hydrogen-bond donors (Lipinski definition) is 0. The largest absolute Gasteiger partial charge is 0.354 e. The van der Waals surface area contributed by atoms with Gasteiger partial charge in [-0.15, -0.1) is 0 Å². The van der Waals surface area contributed by atoms with Crippen LogP contribution in [0.1, 0.15) is 37.4 Å². The number of para-hydroxylation sites is 1. The molecule has 0 atom stereocenters. The molecule has 3 heterocycles. The molecular weight excluding hydrogens is 362 g/mol. The number of aryl methyl sites for hydroxylation is 3. The lowest BCUT2D eigenvalue weighted by molar-refractivity contribution is -0.119. The first-order valence-corrected chi connectivity index (χ1v) is 10.8. The standard InChI is InChI=1S/C21H27N5O.C2H6/c1-16-14-20(23-17(2)22-16)25-12-10-24(11-13-25)15-21(27)26-9-5-7-18-6-3-4-8-19(18)26;1-2/h3-4,6,8,14H,5,7,9-13,15H2,1-2H3;1-2H3. The Bertz CT molecular complexity index is 810. The average Bonchev–Trinajstić information content (AvgIpc) is 2.74. The minimum Gasteiger partial charge on any atom is -0.354 e. The van der Waals surface area contributed by atoms with Crippen molar-refractivity contribution in [3.63, 3.8) is 0 Å². The number of amides is 1. The number of rotatable bonds is 3. The van der Waals surface area contributed by atoms with Crippen molar-refractivity contribution in [1.29, 1.82) is 0 Å². The second-order valence-electron chi connectivity index (χ2n) is 7.46. The molecule has 1 saturated heterocycles. The zero-order valence-corrected chi connectivity index (χ0v) is 18.2. The first kappa shape index (κ1) is 21.2. The van der Waals surface area contributed by atoms with E-state index in [1.165, 1.54) is 5.56 Å². The zero-order valence-electron chi connectivity index (χ0n) is 18.2. The maximum Gasteiger partial charge on any atom is 0.241 e. The van der Waals surface area contributed by atoms with E-state index in [0.717, 1.165) is 68.6 Å². The van der Waals surface area contributed by atoms with Crippen LogP contribution in [0.15, 0.2) is 30.3 Å². The van der Waals surface area contributed by atoms with Crippen LogP contribution in [0.5, 0.6) is 0 Å². The third kappa shape index (κ3) is 5.12. The molecule has 1 aromatic heterocycles. The topological polar surface area (TPSA) is 52.6 Å². The smallest absolute Gasteiger partial charge is 0.241 e. The number of anilines is 2. The summed E-state index contributed by atoms with van der Waals surface area (Å²) in [5.74, 6) is 2.02. The Morgan fingerprint density at radius 2 is 1.72 bits per heavy atom. The molecule has 0 bridgehead atoms. The average molecular weight is 396 g/mol. The molecule has 1 fully saturated rings. The molecule has 1 aromatic carbocycles. The minimum atomic E-state index is 0.212. The van der Waals surface area contributed by atoms with Gasteiger partial charge in [0.15, 0.2) is 0 Å². The molecule has 1 amide bonds. The third-order valence-corrected chi connectivity index (χ3v) is 5.42. The number of fused-ring (bicyclic) bond motifs is 1. The molecule has 2 aromatic rings. The summed E-state index contributed by atoms with van der Waals surface area (Å²) in [5, 5.41) is 0. The number of hydrogen-bond acceptors (Lipinski definition) is 5. The number of carbonyl (C=O) groups excluding carboxylic acids is 1. The van der Waals surface area contributed by atoms with Crippen molar-refractivity contribution in [2.45, 2.75) is 40.5 Å². The molecule has 156 valence electrons. The van der Waals surface area contributed by atoms with Crippen molar-refractivity contribution in [3.05, 3.63) is 47.4 Å². The fourth-order valence-electron chi connectivity index (χ4n) is 4.06. The van der Waals surface area contributed by atoms with Crippen LogP contribution in [-0.2, 0) is 11.2 Å². The highest BCUT2D eigenvalue weighted by molar-refractivity contribution is 5.96. The summed E-state index contributed by atoms with van der Waals surface area (Å²) < 4.78 is 0. The van der Waals surface area contributed by atoms with E-state index in [4.69, 9.17) is 0 Å². The number of piperazine rings is 1. The highest BCUT2D eigenvalue weighted by Gasteiger charge is 2.26. The molecule has 0 aliphatic carbocycles. The SMILES string of the molecule is CC.Cc1cc(N2CCN(CC(=O)N3CCCc4ccccc43)CC2)nc(C)n1. The van der Waals surface area contributed by atoms with Crippen LogP contribution in [0.3, 0.4) is 0 Å². The normalized spacial score (nSPS) is 16.7. The molecule has 2 aliphatic heterocycles. The van der Waals surface area contributed by atoms with Gasteiger partial charge in [-0.05, 0) is 38.3 Å². The van der Waals surface area contributed by atoms with Crippen LogP contribution in [0, 0.1) is 13.8 Å². The highest BCUT2D eigenvalue weighted by Crippen LogP contribution is 2.27. The van der Waals surface area contributed by atoms with E-state index in [-0.39, 0.29) is 5.91 Å². The van der Waals surface area contributed by atoms with Gasteiger partial charge in [-0.2, -0.15) is 0 Å². The molecule has 0 N–H and O–H groups in total. The van der Waals surface area contributed by atoms with Crippen molar-refractivity contribution < 1.29 is 4.79 Å². The molecule has 0 radical (unpaired) electrons. The summed E-state index contributed by atoms with van der Waals surface area (Å²) in [6.45, 7) is 12.8. The van der Waals surface area contributed by atoms with Gasteiger partial charge in [-0.25, -0.2) is 9.97 Å². The van der Waals surface area contributed by atoms with Gasteiger partial charge in [-0.3, -0.25) is 9.69 Å². The maximum absolute atomic E-state index is 12.9. The summed E-state index contributed by atoms with van der Waals surface area (Å²) in [6, 6.07) is 10.3. The van der Waals surface area contributed by atoms with E-state index in [1.54, 1.807) is 0 Å². The van der Waals surface area contributed by atoms with Crippen molar-refractivity contribution >= 4 is 17.4 Å². The third-order valence-electron chi connectivity index (χ3n) is 5.42. The second kappa shape index (κ2) is 9.83. The highest BCUT2D eigenvalue weighted by atomic mass is 16.2. The summed E-state index contributed by atoms with van der Waals surface area (Å²) >= 11 is 0. The number of aromatic nitrogens is 2. The van der Waals surface area contributed by atoms with Crippen LogP contribution in [0.2, 0.25) is 0 Å². The lowest BCUT2D eigenvalue weighted by Gasteiger charge is -2.37. The Morgan fingerprint density at radius 3 is 2.45 bits per heavy atom. The Morgan fingerprint density at radius 1 is 1.00 bits per heavy atom. The molecule has 4 rings (SSSR count). The van der Waals surface area contributed by atoms with E-state index in [9.17, 15) is 4.79 Å². The Hall–Kier alpha value is -2.47. The molecule has 0 unspecified atom stereocenters. The molecule has 29 heavy (non-hydrogen) atoms. The van der Waals surface area contributed by atoms with Gasteiger partial charge >= 0.3 is 0 Å².